The smallest absolute Gasteiger partial charge is 0.170 e. The molecular weight excluding hydrogens is 190 g/mol. The van der Waals surface area contributed by atoms with Crippen molar-refractivity contribution in [3.63, 3.8) is 0 Å². The summed E-state index contributed by atoms with van der Waals surface area (Å²) in [4.78, 5) is 0. The number of hydrogen-bond donors (Lipinski definition) is 1. The van der Waals surface area contributed by atoms with Gasteiger partial charge in [0, 0.05) is 12.6 Å². The fraction of sp³-hybridized carbons (Fsp3) is 0.500. The monoisotopic (exact) mass is 205 g/mol. The van der Waals surface area contributed by atoms with Crippen LogP contribution in [-0.4, -0.2) is 26.0 Å². The number of rotatable bonds is 3. The van der Waals surface area contributed by atoms with Crippen LogP contribution in [0.5, 0.6) is 0 Å². The molecule has 1 aromatic carbocycles. The Balaban J connectivity index is 1.54. The first-order valence-corrected chi connectivity index (χ1v) is 5.48. The van der Waals surface area contributed by atoms with Crippen molar-refractivity contribution in [1.82, 2.24) is 5.32 Å². The average molecular weight is 205 g/mol. The van der Waals surface area contributed by atoms with Crippen molar-refractivity contribution < 1.29 is 9.47 Å². The molecule has 80 valence electrons. The van der Waals surface area contributed by atoms with Crippen molar-refractivity contribution in [2.24, 2.45) is 0 Å². The van der Waals surface area contributed by atoms with Gasteiger partial charge in [-0.1, -0.05) is 24.3 Å². The maximum Gasteiger partial charge on any atom is 0.170 e. The van der Waals surface area contributed by atoms with E-state index < -0.39 is 0 Å². The van der Waals surface area contributed by atoms with Gasteiger partial charge in [-0.3, -0.25) is 0 Å². The van der Waals surface area contributed by atoms with E-state index in [1.165, 1.54) is 11.1 Å². The Morgan fingerprint density at radius 2 is 2.00 bits per heavy atom. The van der Waals surface area contributed by atoms with Gasteiger partial charge in [-0.25, -0.2) is 0 Å². The lowest BCUT2D eigenvalue weighted by molar-refractivity contribution is -0.0410. The topological polar surface area (TPSA) is 30.5 Å². The lowest BCUT2D eigenvalue weighted by atomic mass is 9.83. The Morgan fingerprint density at radius 3 is 2.80 bits per heavy atom. The van der Waals surface area contributed by atoms with Gasteiger partial charge in [-0.2, -0.15) is 0 Å². The standard InChI is InChI=1S/C12H15NO2/c1-2-4-10-9(3-1)7-11(10)13-8-12-14-5-6-15-12/h1-4,11-13H,5-8H2. The summed E-state index contributed by atoms with van der Waals surface area (Å²) < 4.78 is 10.8. The molecular formula is C12H15NO2. The summed E-state index contributed by atoms with van der Waals surface area (Å²) in [5.74, 6) is 0. The Labute approximate surface area is 89.4 Å². The van der Waals surface area contributed by atoms with Crippen molar-refractivity contribution in [3.8, 4) is 0 Å². The van der Waals surface area contributed by atoms with Gasteiger partial charge < -0.3 is 14.8 Å². The molecule has 1 aliphatic heterocycles. The molecule has 1 atom stereocenters. The van der Waals surface area contributed by atoms with Crippen LogP contribution in [0.4, 0.5) is 0 Å². The van der Waals surface area contributed by atoms with Crippen LogP contribution >= 0.6 is 0 Å². The van der Waals surface area contributed by atoms with Gasteiger partial charge >= 0.3 is 0 Å². The van der Waals surface area contributed by atoms with Crippen LogP contribution in [0, 0.1) is 0 Å². The fourth-order valence-corrected chi connectivity index (χ4v) is 2.20. The van der Waals surface area contributed by atoms with Crippen molar-refractivity contribution in [2.45, 2.75) is 18.8 Å². The van der Waals surface area contributed by atoms with Crippen molar-refractivity contribution in [3.05, 3.63) is 35.4 Å². The SMILES string of the molecule is c1ccc2c(c1)CC2NCC1OCCO1. The van der Waals surface area contributed by atoms with E-state index in [-0.39, 0.29) is 6.29 Å². The summed E-state index contributed by atoms with van der Waals surface area (Å²) in [5.41, 5.74) is 2.89. The first-order chi connectivity index (χ1) is 7.43. The highest BCUT2D eigenvalue weighted by molar-refractivity contribution is 5.39. The molecule has 1 fully saturated rings. The zero-order chi connectivity index (χ0) is 10.1. The first kappa shape index (κ1) is 9.33. The maximum absolute atomic E-state index is 5.38. The van der Waals surface area contributed by atoms with Gasteiger partial charge in [0.1, 0.15) is 0 Å². The Kier molecular flexibility index (Phi) is 2.44. The van der Waals surface area contributed by atoms with Crippen LogP contribution in [0.1, 0.15) is 17.2 Å². The summed E-state index contributed by atoms with van der Waals surface area (Å²) in [5, 5.41) is 3.47. The van der Waals surface area contributed by atoms with E-state index in [1.54, 1.807) is 0 Å². The second kappa shape index (κ2) is 3.93. The molecule has 2 aliphatic rings. The minimum atomic E-state index is -0.0437. The third-order valence-electron chi connectivity index (χ3n) is 3.08. The van der Waals surface area contributed by atoms with Crippen LogP contribution in [0.3, 0.4) is 0 Å². The van der Waals surface area contributed by atoms with Gasteiger partial charge in [0.2, 0.25) is 0 Å². The highest BCUT2D eigenvalue weighted by atomic mass is 16.7. The molecule has 0 bridgehead atoms. The third kappa shape index (κ3) is 1.78. The van der Waals surface area contributed by atoms with E-state index in [1.807, 2.05) is 0 Å². The lowest BCUT2D eigenvalue weighted by Crippen LogP contribution is -2.36. The van der Waals surface area contributed by atoms with E-state index in [0.29, 0.717) is 6.04 Å². The van der Waals surface area contributed by atoms with E-state index in [2.05, 4.69) is 29.6 Å². The molecule has 1 N–H and O–H groups in total. The van der Waals surface area contributed by atoms with Gasteiger partial charge in [0.25, 0.3) is 0 Å². The molecule has 3 rings (SSSR count). The molecule has 3 heteroatoms. The van der Waals surface area contributed by atoms with Crippen molar-refractivity contribution >= 4 is 0 Å². The molecule has 0 amide bonds. The number of benzene rings is 1. The van der Waals surface area contributed by atoms with Crippen LogP contribution in [-0.2, 0) is 15.9 Å². The normalized spacial score (nSPS) is 24.9. The first-order valence-electron chi connectivity index (χ1n) is 5.48. The van der Waals surface area contributed by atoms with Crippen molar-refractivity contribution in [2.75, 3.05) is 19.8 Å². The predicted octanol–water partition coefficient (Wildman–Crippen LogP) is 1.25. The molecule has 0 aromatic heterocycles. The zero-order valence-electron chi connectivity index (χ0n) is 8.61. The third-order valence-corrected chi connectivity index (χ3v) is 3.08. The van der Waals surface area contributed by atoms with Crippen LogP contribution in [0.2, 0.25) is 0 Å². The largest absolute Gasteiger partial charge is 0.349 e. The Hall–Kier alpha value is -0.900. The predicted molar refractivity (Wildman–Crippen MR) is 56.6 cm³/mol. The van der Waals surface area contributed by atoms with E-state index in [0.717, 1.165) is 26.2 Å². The summed E-state index contributed by atoms with van der Waals surface area (Å²) >= 11 is 0. The maximum atomic E-state index is 5.38. The minimum Gasteiger partial charge on any atom is -0.349 e. The summed E-state index contributed by atoms with van der Waals surface area (Å²) in [6, 6.07) is 9.06. The van der Waals surface area contributed by atoms with Crippen molar-refractivity contribution in [1.29, 1.82) is 0 Å². The number of fused-ring (bicyclic) bond motifs is 1. The van der Waals surface area contributed by atoms with E-state index in [4.69, 9.17) is 9.47 Å². The fourth-order valence-electron chi connectivity index (χ4n) is 2.20. The second-order valence-corrected chi connectivity index (χ2v) is 4.03. The number of hydrogen-bond acceptors (Lipinski definition) is 3. The van der Waals surface area contributed by atoms with Gasteiger partial charge in [0.15, 0.2) is 6.29 Å². The summed E-state index contributed by atoms with van der Waals surface area (Å²) in [6.45, 7) is 2.25. The van der Waals surface area contributed by atoms with Gasteiger partial charge in [-0.15, -0.1) is 0 Å². The molecule has 15 heavy (non-hydrogen) atoms. The molecule has 1 heterocycles. The molecule has 1 saturated heterocycles. The van der Waals surface area contributed by atoms with Crippen LogP contribution in [0.15, 0.2) is 24.3 Å². The molecule has 1 aliphatic carbocycles. The van der Waals surface area contributed by atoms with E-state index in [9.17, 15) is 0 Å². The Bertz CT molecular complexity index is 347. The van der Waals surface area contributed by atoms with Gasteiger partial charge in [-0.05, 0) is 17.5 Å². The molecule has 3 nitrogen and oxygen atoms in total. The molecule has 1 aromatic rings. The Morgan fingerprint density at radius 1 is 1.20 bits per heavy atom. The highest BCUT2D eigenvalue weighted by Gasteiger charge is 2.26. The molecule has 0 spiro atoms. The summed E-state index contributed by atoms with van der Waals surface area (Å²) in [7, 11) is 0. The van der Waals surface area contributed by atoms with Gasteiger partial charge in [0.05, 0.1) is 13.2 Å². The van der Waals surface area contributed by atoms with Crippen LogP contribution in [0.25, 0.3) is 0 Å². The second-order valence-electron chi connectivity index (χ2n) is 4.03. The highest BCUT2D eigenvalue weighted by Crippen LogP contribution is 2.32. The number of nitrogens with one attached hydrogen (secondary N) is 1. The quantitative estimate of drug-likeness (QED) is 0.805. The summed E-state index contributed by atoms with van der Waals surface area (Å²) in [6.07, 6.45) is 1.08. The number of ether oxygens (including phenoxy) is 2. The molecule has 0 saturated carbocycles. The molecule has 1 unspecified atom stereocenters. The minimum absolute atomic E-state index is 0.0437. The average Bonchev–Trinajstić information content (AvgIpc) is 2.72. The van der Waals surface area contributed by atoms with Crippen LogP contribution < -0.4 is 5.32 Å². The lowest BCUT2D eigenvalue weighted by Gasteiger charge is -2.31. The zero-order valence-corrected chi connectivity index (χ0v) is 8.61. The molecule has 0 radical (unpaired) electrons. The van der Waals surface area contributed by atoms with E-state index >= 15 is 0 Å².